The van der Waals surface area contributed by atoms with Crippen LogP contribution in [0.4, 0.5) is 18.9 Å². The zero-order valence-electron chi connectivity index (χ0n) is 18.3. The van der Waals surface area contributed by atoms with Crippen LogP contribution in [0.1, 0.15) is 31.9 Å². The molecule has 5 nitrogen and oxygen atoms in total. The Balaban J connectivity index is 1.71. The molecule has 172 valence electrons. The van der Waals surface area contributed by atoms with E-state index < -0.39 is 12.3 Å². The Bertz CT molecular complexity index is 1130. The minimum absolute atomic E-state index is 0.155. The van der Waals surface area contributed by atoms with E-state index in [0.29, 0.717) is 17.0 Å². The predicted molar refractivity (Wildman–Crippen MR) is 120 cm³/mol. The van der Waals surface area contributed by atoms with Gasteiger partial charge in [-0.15, -0.1) is 13.2 Å². The number of carbonyl (C=O) groups is 1. The molecule has 0 saturated carbocycles. The second kappa shape index (κ2) is 9.77. The van der Waals surface area contributed by atoms with Crippen molar-refractivity contribution in [2.75, 3.05) is 5.32 Å². The molecular formula is C25H23F3N2O3. The van der Waals surface area contributed by atoms with E-state index >= 15 is 0 Å². The summed E-state index contributed by atoms with van der Waals surface area (Å²) in [6.07, 6.45) is -0.461. The zero-order chi connectivity index (χ0) is 24.1. The molecule has 1 aromatic heterocycles. The number of nitrogens with zero attached hydrogens (tertiary/aromatic N) is 1. The quantitative estimate of drug-likeness (QED) is 0.418. The van der Waals surface area contributed by atoms with Crippen molar-refractivity contribution < 1.29 is 27.4 Å². The lowest BCUT2D eigenvalue weighted by molar-refractivity contribution is -0.274. The van der Waals surface area contributed by atoms with Gasteiger partial charge < -0.3 is 14.8 Å². The molecule has 33 heavy (non-hydrogen) atoms. The molecule has 1 heterocycles. The van der Waals surface area contributed by atoms with Gasteiger partial charge in [-0.05, 0) is 47.4 Å². The zero-order valence-corrected chi connectivity index (χ0v) is 18.3. The topological polar surface area (TPSA) is 60.5 Å². The normalized spacial score (nSPS) is 11.9. The number of hydrogen-bond donors (Lipinski definition) is 1. The van der Waals surface area contributed by atoms with E-state index in [9.17, 15) is 18.0 Å². The number of hydrogen-bond acceptors (Lipinski definition) is 4. The Labute approximate surface area is 189 Å². The van der Waals surface area contributed by atoms with E-state index in [0.717, 1.165) is 5.56 Å². The number of ether oxygens (including phenoxy) is 2. The second-order valence-electron chi connectivity index (χ2n) is 8.14. The van der Waals surface area contributed by atoms with Crippen molar-refractivity contribution in [1.29, 1.82) is 0 Å². The van der Waals surface area contributed by atoms with Crippen molar-refractivity contribution in [2.45, 2.75) is 32.5 Å². The lowest BCUT2D eigenvalue weighted by atomic mass is 9.86. The number of para-hydroxylation sites is 1. The number of nitrogens with one attached hydrogen (secondary N) is 1. The van der Waals surface area contributed by atoms with Gasteiger partial charge in [0.1, 0.15) is 17.2 Å². The van der Waals surface area contributed by atoms with Crippen LogP contribution in [-0.4, -0.2) is 17.3 Å². The lowest BCUT2D eigenvalue weighted by Gasteiger charge is -2.22. The largest absolute Gasteiger partial charge is 0.573 e. The maximum atomic E-state index is 12.4. The van der Waals surface area contributed by atoms with E-state index in [1.54, 1.807) is 18.3 Å². The molecule has 0 saturated heterocycles. The average Bonchev–Trinajstić information content (AvgIpc) is 2.73. The molecule has 0 bridgehead atoms. The van der Waals surface area contributed by atoms with Gasteiger partial charge in [0.05, 0.1) is 0 Å². The maximum absolute atomic E-state index is 12.4. The van der Waals surface area contributed by atoms with Gasteiger partial charge in [0.25, 0.3) is 0 Å². The number of carbonyl (C=O) groups excluding carboxylic acids is 1. The number of halogens is 3. The minimum atomic E-state index is -4.76. The summed E-state index contributed by atoms with van der Waals surface area (Å²) in [4.78, 5) is 16.7. The maximum Gasteiger partial charge on any atom is 0.573 e. The van der Waals surface area contributed by atoms with Crippen molar-refractivity contribution in [1.82, 2.24) is 4.98 Å². The molecular weight excluding hydrogens is 433 g/mol. The lowest BCUT2D eigenvalue weighted by Crippen LogP contribution is -2.16. The summed E-state index contributed by atoms with van der Waals surface area (Å²) < 4.78 is 46.6. The Morgan fingerprint density at radius 2 is 1.67 bits per heavy atom. The molecule has 2 aromatic carbocycles. The number of alkyl halides is 3. The molecule has 0 aliphatic heterocycles. The average molecular weight is 456 g/mol. The number of benzene rings is 2. The summed E-state index contributed by atoms with van der Waals surface area (Å²) in [5.41, 5.74) is 1.75. The molecule has 0 radical (unpaired) electrons. The van der Waals surface area contributed by atoms with E-state index in [4.69, 9.17) is 4.74 Å². The van der Waals surface area contributed by atoms with Crippen LogP contribution in [0.2, 0.25) is 0 Å². The first-order chi connectivity index (χ1) is 15.5. The van der Waals surface area contributed by atoms with Crippen LogP contribution in [0.15, 0.2) is 72.9 Å². The monoisotopic (exact) mass is 456 g/mol. The van der Waals surface area contributed by atoms with Gasteiger partial charge in [0.2, 0.25) is 11.8 Å². The standard InChI is InChI=1S/C25H23F3N2O3/c1-24(2,3)19-7-4-5-9-21(19)32-23-20(8-6-16-29-23)30-22(31)15-12-17-10-13-18(14-11-17)33-25(26,27)28/h4-16H,1-3H3,(H,30,31)/b15-12+. The van der Waals surface area contributed by atoms with Gasteiger partial charge in [-0.3, -0.25) is 4.79 Å². The third-order valence-electron chi connectivity index (χ3n) is 4.47. The highest BCUT2D eigenvalue weighted by molar-refractivity contribution is 6.02. The number of rotatable bonds is 6. The summed E-state index contributed by atoms with van der Waals surface area (Å²) in [6.45, 7) is 6.22. The van der Waals surface area contributed by atoms with Crippen molar-refractivity contribution >= 4 is 17.7 Å². The van der Waals surface area contributed by atoms with Crippen molar-refractivity contribution in [2.24, 2.45) is 0 Å². The molecule has 3 aromatic rings. The van der Waals surface area contributed by atoms with E-state index in [-0.39, 0.29) is 17.0 Å². The fourth-order valence-electron chi connectivity index (χ4n) is 2.97. The number of anilines is 1. The first kappa shape index (κ1) is 23.8. The first-order valence-electron chi connectivity index (χ1n) is 10.1. The third kappa shape index (κ3) is 7.10. The highest BCUT2D eigenvalue weighted by atomic mass is 19.4. The van der Waals surface area contributed by atoms with E-state index in [1.165, 1.54) is 36.4 Å². The first-order valence-corrected chi connectivity index (χ1v) is 10.1. The SMILES string of the molecule is CC(C)(C)c1ccccc1Oc1ncccc1NC(=O)/C=C/c1ccc(OC(F)(F)F)cc1. The Morgan fingerprint density at radius 1 is 0.970 bits per heavy atom. The molecule has 0 aliphatic carbocycles. The Morgan fingerprint density at radius 3 is 2.33 bits per heavy atom. The number of amides is 1. The van der Waals surface area contributed by atoms with Gasteiger partial charge in [0.15, 0.2) is 0 Å². The van der Waals surface area contributed by atoms with Gasteiger partial charge >= 0.3 is 6.36 Å². The predicted octanol–water partition coefficient (Wildman–Crippen LogP) is 6.72. The molecule has 3 rings (SSSR count). The van der Waals surface area contributed by atoms with Crippen LogP contribution in [-0.2, 0) is 10.2 Å². The molecule has 0 atom stereocenters. The number of pyridine rings is 1. The van der Waals surface area contributed by atoms with Crippen LogP contribution in [0, 0.1) is 0 Å². The molecule has 0 unspecified atom stereocenters. The van der Waals surface area contributed by atoms with Gasteiger partial charge in [-0.25, -0.2) is 4.98 Å². The Kier molecular flexibility index (Phi) is 7.06. The van der Waals surface area contributed by atoms with Gasteiger partial charge in [0, 0.05) is 17.8 Å². The van der Waals surface area contributed by atoms with Crippen molar-refractivity contribution in [3.63, 3.8) is 0 Å². The summed E-state index contributed by atoms with van der Waals surface area (Å²) >= 11 is 0. The van der Waals surface area contributed by atoms with E-state index in [2.05, 4.69) is 35.8 Å². The second-order valence-corrected chi connectivity index (χ2v) is 8.14. The Hall–Kier alpha value is -3.81. The molecule has 0 aliphatic rings. The molecule has 1 N–H and O–H groups in total. The number of aromatic nitrogens is 1. The molecule has 0 spiro atoms. The van der Waals surface area contributed by atoms with Crippen LogP contribution < -0.4 is 14.8 Å². The van der Waals surface area contributed by atoms with Crippen LogP contribution in [0.25, 0.3) is 6.08 Å². The van der Waals surface area contributed by atoms with Crippen LogP contribution in [0.5, 0.6) is 17.4 Å². The highest BCUT2D eigenvalue weighted by Crippen LogP contribution is 2.35. The minimum Gasteiger partial charge on any atom is -0.437 e. The summed E-state index contributed by atoms with van der Waals surface area (Å²) in [7, 11) is 0. The van der Waals surface area contributed by atoms with Gasteiger partial charge in [-0.1, -0.05) is 51.1 Å². The fourth-order valence-corrected chi connectivity index (χ4v) is 2.97. The molecule has 1 amide bonds. The molecule has 8 heteroatoms. The highest BCUT2D eigenvalue weighted by Gasteiger charge is 2.30. The van der Waals surface area contributed by atoms with Crippen LogP contribution >= 0.6 is 0 Å². The third-order valence-corrected chi connectivity index (χ3v) is 4.47. The summed E-state index contributed by atoms with van der Waals surface area (Å²) in [5.74, 6) is 0.0878. The summed E-state index contributed by atoms with van der Waals surface area (Å²) in [5, 5.41) is 2.71. The smallest absolute Gasteiger partial charge is 0.437 e. The van der Waals surface area contributed by atoms with Crippen LogP contribution in [0.3, 0.4) is 0 Å². The van der Waals surface area contributed by atoms with Gasteiger partial charge in [-0.2, -0.15) is 0 Å². The van der Waals surface area contributed by atoms with Crippen molar-refractivity contribution in [3.05, 3.63) is 84.1 Å². The van der Waals surface area contributed by atoms with Crippen molar-refractivity contribution in [3.8, 4) is 17.4 Å². The summed E-state index contributed by atoms with van der Waals surface area (Å²) in [6, 6.07) is 16.1. The fraction of sp³-hybridized carbons (Fsp3) is 0.200. The van der Waals surface area contributed by atoms with E-state index in [1.807, 2.05) is 24.3 Å². The molecule has 0 fully saturated rings.